The molecule has 1 fully saturated rings. The number of rotatable bonds is 7. The average molecular weight is 407 g/mol. The number of nitrogens with one attached hydrogen (secondary N) is 2. The number of imidazole rings is 1. The minimum atomic E-state index is -0.895. The molecule has 3 aromatic rings. The fourth-order valence-corrected chi connectivity index (χ4v) is 3.41. The van der Waals surface area contributed by atoms with Crippen molar-refractivity contribution in [3.8, 4) is 5.75 Å². The third-order valence-electron chi connectivity index (χ3n) is 4.94. The van der Waals surface area contributed by atoms with Gasteiger partial charge in [0.15, 0.2) is 0 Å². The maximum atomic E-state index is 12.6. The Morgan fingerprint density at radius 3 is 2.70 bits per heavy atom. The molecular weight excluding hydrogens is 386 g/mol. The smallest absolute Gasteiger partial charge is 0.329 e. The summed E-state index contributed by atoms with van der Waals surface area (Å²) in [6.45, 7) is 0.936. The van der Waals surface area contributed by atoms with Crippen molar-refractivity contribution >= 4 is 34.6 Å². The summed E-state index contributed by atoms with van der Waals surface area (Å²) in [5.41, 5.74) is 2.30. The van der Waals surface area contributed by atoms with E-state index in [1.807, 2.05) is 28.8 Å². The second-order valence-corrected chi connectivity index (χ2v) is 6.85. The molecule has 1 aliphatic rings. The summed E-state index contributed by atoms with van der Waals surface area (Å²) in [6, 6.07) is 12.9. The van der Waals surface area contributed by atoms with Crippen molar-refractivity contribution in [1.82, 2.24) is 20.2 Å². The average Bonchev–Trinajstić information content (AvgIpc) is 3.29. The van der Waals surface area contributed by atoms with Gasteiger partial charge in [0, 0.05) is 13.1 Å². The summed E-state index contributed by atoms with van der Waals surface area (Å²) < 4.78 is 7.03. The second-order valence-electron chi connectivity index (χ2n) is 6.85. The third-order valence-corrected chi connectivity index (χ3v) is 4.94. The van der Waals surface area contributed by atoms with E-state index in [4.69, 9.17) is 4.74 Å². The number of hydrogen-bond acceptors (Lipinski definition) is 5. The number of anilines is 1. The molecule has 9 heteroatoms. The standard InChI is InChI=1S/C21H21N5O4/c1-30-15-8-6-14(7-9-15)26-20(28)17(24-21(26)29)12-19(27)22-10-11-25-13-23-16-4-2-3-5-18(16)25/h2-9,13,17H,10-12H2,1H3,(H,22,27)(H,24,29)/t17-/m0/s1. The number of carbonyl (C=O) groups excluding carboxylic acids is 3. The van der Waals surface area contributed by atoms with Crippen LogP contribution in [0.1, 0.15) is 6.42 Å². The molecule has 9 nitrogen and oxygen atoms in total. The third kappa shape index (κ3) is 3.82. The highest BCUT2D eigenvalue weighted by Crippen LogP contribution is 2.23. The number of imide groups is 1. The zero-order valence-corrected chi connectivity index (χ0v) is 16.4. The number of carbonyl (C=O) groups is 3. The molecule has 30 heavy (non-hydrogen) atoms. The predicted molar refractivity (Wildman–Crippen MR) is 110 cm³/mol. The summed E-state index contributed by atoms with van der Waals surface area (Å²) in [4.78, 5) is 42.5. The quantitative estimate of drug-likeness (QED) is 0.580. The van der Waals surface area contributed by atoms with Crippen LogP contribution in [0.5, 0.6) is 5.75 Å². The SMILES string of the molecule is COc1ccc(N2C(=O)N[C@@H](CC(=O)NCCn3cnc4ccccc43)C2=O)cc1. The number of ether oxygens (including phenoxy) is 1. The molecule has 0 bridgehead atoms. The molecule has 0 radical (unpaired) electrons. The highest BCUT2D eigenvalue weighted by molar-refractivity contribution is 6.22. The molecule has 1 atom stereocenters. The van der Waals surface area contributed by atoms with E-state index in [9.17, 15) is 14.4 Å². The fourth-order valence-electron chi connectivity index (χ4n) is 3.41. The van der Waals surface area contributed by atoms with Crippen LogP contribution in [0.3, 0.4) is 0 Å². The number of aromatic nitrogens is 2. The zero-order chi connectivity index (χ0) is 21.1. The molecule has 2 aromatic carbocycles. The van der Waals surface area contributed by atoms with E-state index in [-0.39, 0.29) is 12.3 Å². The minimum absolute atomic E-state index is 0.123. The van der Waals surface area contributed by atoms with Crippen molar-refractivity contribution < 1.29 is 19.1 Å². The Kier molecular flexibility index (Phi) is 5.34. The number of benzene rings is 2. The monoisotopic (exact) mass is 407 g/mol. The normalized spacial score (nSPS) is 16.0. The summed E-state index contributed by atoms with van der Waals surface area (Å²) in [6.07, 6.45) is 1.60. The molecule has 1 aliphatic heterocycles. The molecule has 1 saturated heterocycles. The van der Waals surface area contributed by atoms with E-state index in [0.717, 1.165) is 15.9 Å². The molecule has 0 aliphatic carbocycles. The van der Waals surface area contributed by atoms with Gasteiger partial charge in [-0.05, 0) is 36.4 Å². The van der Waals surface area contributed by atoms with Crippen molar-refractivity contribution in [2.24, 2.45) is 0 Å². The van der Waals surface area contributed by atoms with Gasteiger partial charge in [0.05, 0.1) is 36.6 Å². The topological polar surface area (TPSA) is 106 Å². The number of nitrogens with zero attached hydrogens (tertiary/aromatic N) is 3. The van der Waals surface area contributed by atoms with E-state index >= 15 is 0 Å². The van der Waals surface area contributed by atoms with Gasteiger partial charge in [0.25, 0.3) is 5.91 Å². The Morgan fingerprint density at radius 2 is 1.93 bits per heavy atom. The van der Waals surface area contributed by atoms with Crippen LogP contribution >= 0.6 is 0 Å². The van der Waals surface area contributed by atoms with Crippen LogP contribution in [0.25, 0.3) is 11.0 Å². The van der Waals surface area contributed by atoms with Crippen molar-refractivity contribution in [2.75, 3.05) is 18.6 Å². The van der Waals surface area contributed by atoms with Crippen molar-refractivity contribution in [2.45, 2.75) is 19.0 Å². The maximum absolute atomic E-state index is 12.6. The first-order valence-electron chi connectivity index (χ1n) is 9.52. The lowest BCUT2D eigenvalue weighted by Crippen LogP contribution is -2.37. The van der Waals surface area contributed by atoms with Gasteiger partial charge in [-0.1, -0.05) is 12.1 Å². The number of hydrogen-bond donors (Lipinski definition) is 2. The van der Waals surface area contributed by atoms with E-state index in [1.54, 1.807) is 30.6 Å². The highest BCUT2D eigenvalue weighted by Gasteiger charge is 2.39. The van der Waals surface area contributed by atoms with Crippen LogP contribution in [0.4, 0.5) is 10.5 Å². The van der Waals surface area contributed by atoms with Crippen LogP contribution in [0.15, 0.2) is 54.9 Å². The first-order valence-corrected chi connectivity index (χ1v) is 9.52. The van der Waals surface area contributed by atoms with Crippen LogP contribution in [0.2, 0.25) is 0 Å². The van der Waals surface area contributed by atoms with E-state index in [1.165, 1.54) is 7.11 Å². The zero-order valence-electron chi connectivity index (χ0n) is 16.4. The summed E-state index contributed by atoms with van der Waals surface area (Å²) in [5, 5.41) is 5.36. The summed E-state index contributed by atoms with van der Waals surface area (Å²) in [7, 11) is 1.53. The van der Waals surface area contributed by atoms with E-state index in [2.05, 4.69) is 15.6 Å². The van der Waals surface area contributed by atoms with Gasteiger partial charge in [-0.15, -0.1) is 0 Å². The van der Waals surface area contributed by atoms with Gasteiger partial charge >= 0.3 is 6.03 Å². The lowest BCUT2D eigenvalue weighted by atomic mass is 10.2. The number of fused-ring (bicyclic) bond motifs is 1. The molecule has 4 rings (SSSR count). The van der Waals surface area contributed by atoms with Crippen LogP contribution in [-0.4, -0.2) is 47.1 Å². The Hall–Kier alpha value is -3.88. The first kappa shape index (κ1) is 19.4. The lowest BCUT2D eigenvalue weighted by molar-refractivity contribution is -0.125. The largest absolute Gasteiger partial charge is 0.497 e. The Bertz CT molecular complexity index is 1090. The molecule has 1 aromatic heterocycles. The molecule has 2 heterocycles. The van der Waals surface area contributed by atoms with Crippen LogP contribution < -0.4 is 20.3 Å². The van der Waals surface area contributed by atoms with Crippen molar-refractivity contribution in [1.29, 1.82) is 0 Å². The number of para-hydroxylation sites is 2. The molecule has 154 valence electrons. The van der Waals surface area contributed by atoms with E-state index in [0.29, 0.717) is 24.5 Å². The Labute approximate surface area is 172 Å². The van der Waals surface area contributed by atoms with Crippen molar-refractivity contribution in [3.05, 3.63) is 54.9 Å². The van der Waals surface area contributed by atoms with Crippen molar-refractivity contribution in [3.63, 3.8) is 0 Å². The summed E-state index contributed by atoms with van der Waals surface area (Å²) in [5.74, 6) is -0.150. The molecular formula is C21H21N5O4. The predicted octanol–water partition coefficient (Wildman–Crippen LogP) is 1.68. The Morgan fingerprint density at radius 1 is 1.17 bits per heavy atom. The fraction of sp³-hybridized carbons (Fsp3) is 0.238. The van der Waals surface area contributed by atoms with Gasteiger partial charge in [-0.3, -0.25) is 9.59 Å². The molecule has 0 spiro atoms. The van der Waals surface area contributed by atoms with Gasteiger partial charge in [-0.2, -0.15) is 0 Å². The summed E-state index contributed by atoms with van der Waals surface area (Å²) >= 11 is 0. The van der Waals surface area contributed by atoms with Crippen LogP contribution in [-0.2, 0) is 16.1 Å². The Balaban J connectivity index is 1.32. The van der Waals surface area contributed by atoms with E-state index < -0.39 is 18.0 Å². The first-order chi connectivity index (χ1) is 14.6. The lowest BCUT2D eigenvalue weighted by Gasteiger charge is -2.13. The molecule has 4 amide bonds. The van der Waals surface area contributed by atoms with Crippen LogP contribution in [0, 0.1) is 0 Å². The molecule has 2 N–H and O–H groups in total. The second kappa shape index (κ2) is 8.24. The van der Waals surface area contributed by atoms with Gasteiger partial charge in [0.2, 0.25) is 5.91 Å². The molecule has 0 saturated carbocycles. The number of methoxy groups -OCH3 is 1. The van der Waals surface area contributed by atoms with Gasteiger partial charge in [-0.25, -0.2) is 14.7 Å². The van der Waals surface area contributed by atoms with Gasteiger partial charge in [0.1, 0.15) is 11.8 Å². The highest BCUT2D eigenvalue weighted by atomic mass is 16.5. The number of urea groups is 1. The number of amides is 4. The maximum Gasteiger partial charge on any atom is 0.329 e. The minimum Gasteiger partial charge on any atom is -0.497 e. The van der Waals surface area contributed by atoms with Gasteiger partial charge < -0.3 is 19.9 Å². The molecule has 0 unspecified atom stereocenters.